The van der Waals surface area contributed by atoms with Gasteiger partial charge in [-0.2, -0.15) is 0 Å². The Morgan fingerprint density at radius 3 is 2.43 bits per heavy atom. The van der Waals surface area contributed by atoms with E-state index in [0.29, 0.717) is 12.1 Å². The number of nitrogens with two attached hydrogens (primary N) is 1. The zero-order valence-corrected chi connectivity index (χ0v) is 13.5. The first-order valence-corrected chi connectivity index (χ1v) is 7.87. The topological polar surface area (TPSA) is 107 Å². The minimum atomic E-state index is -3.95. The molecule has 0 bridgehead atoms. The molecule has 0 amide bonds. The van der Waals surface area contributed by atoms with Gasteiger partial charge in [-0.15, -0.1) is 0 Å². The van der Waals surface area contributed by atoms with Crippen LogP contribution in [0.15, 0.2) is 23.1 Å². The highest BCUT2D eigenvalue weighted by atomic mass is 32.2. The molecule has 0 saturated heterocycles. The van der Waals surface area contributed by atoms with Crippen LogP contribution in [0.3, 0.4) is 0 Å². The van der Waals surface area contributed by atoms with E-state index in [1.54, 1.807) is 13.0 Å². The third-order valence-corrected chi connectivity index (χ3v) is 5.26. The molecule has 0 aromatic heterocycles. The van der Waals surface area contributed by atoms with Crippen LogP contribution >= 0.6 is 0 Å². The van der Waals surface area contributed by atoms with Gasteiger partial charge >= 0.3 is 0 Å². The third kappa shape index (κ3) is 3.78. The molecule has 0 atom stereocenters. The third-order valence-electron chi connectivity index (χ3n) is 3.26. The van der Waals surface area contributed by atoms with Crippen molar-refractivity contribution in [2.75, 3.05) is 20.1 Å². The number of hydrogen-bond donors (Lipinski definition) is 1. The van der Waals surface area contributed by atoms with Gasteiger partial charge < -0.3 is 5.73 Å². The van der Waals surface area contributed by atoms with Gasteiger partial charge in [-0.1, -0.05) is 26.0 Å². The summed E-state index contributed by atoms with van der Waals surface area (Å²) in [6, 6.07) is 4.21. The number of rotatable bonds is 6. The Morgan fingerprint density at radius 2 is 1.95 bits per heavy atom. The Kier molecular flexibility index (Phi) is 5.08. The Morgan fingerprint density at radius 1 is 1.38 bits per heavy atom. The number of nitrogens with zero attached hydrogens (tertiary/aromatic N) is 2. The van der Waals surface area contributed by atoms with Crippen LogP contribution in [0.1, 0.15) is 19.4 Å². The maximum Gasteiger partial charge on any atom is 0.289 e. The van der Waals surface area contributed by atoms with Gasteiger partial charge in [0, 0.05) is 19.7 Å². The lowest BCUT2D eigenvalue weighted by Crippen LogP contribution is -2.40. The summed E-state index contributed by atoms with van der Waals surface area (Å²) in [5.74, 6) is 0. The molecule has 1 rings (SSSR count). The summed E-state index contributed by atoms with van der Waals surface area (Å²) in [7, 11) is -2.55. The molecule has 0 aliphatic heterocycles. The van der Waals surface area contributed by atoms with Crippen LogP contribution in [0.5, 0.6) is 0 Å². The van der Waals surface area contributed by atoms with Gasteiger partial charge in [0.15, 0.2) is 4.90 Å². The van der Waals surface area contributed by atoms with Crippen molar-refractivity contribution in [2.45, 2.75) is 25.7 Å². The van der Waals surface area contributed by atoms with Gasteiger partial charge in [0.25, 0.3) is 5.69 Å². The highest BCUT2D eigenvalue weighted by Crippen LogP contribution is 2.30. The van der Waals surface area contributed by atoms with Crippen LogP contribution in [0, 0.1) is 22.5 Å². The quantitative estimate of drug-likeness (QED) is 0.632. The summed E-state index contributed by atoms with van der Waals surface area (Å²) in [6.07, 6.45) is 0. The highest BCUT2D eigenvalue weighted by Gasteiger charge is 2.33. The standard InChI is InChI=1S/C13H21N3O4S/c1-10-6-5-7-11(16(17)18)12(10)21(19,20)15(4)9-13(2,3)8-14/h5-7H,8-9,14H2,1-4H3. The summed E-state index contributed by atoms with van der Waals surface area (Å²) < 4.78 is 26.4. The summed E-state index contributed by atoms with van der Waals surface area (Å²) in [4.78, 5) is 10.1. The van der Waals surface area contributed by atoms with Crippen molar-refractivity contribution in [3.63, 3.8) is 0 Å². The zero-order valence-electron chi connectivity index (χ0n) is 12.7. The molecule has 2 N–H and O–H groups in total. The van der Waals surface area contributed by atoms with Crippen molar-refractivity contribution in [3.05, 3.63) is 33.9 Å². The molecule has 21 heavy (non-hydrogen) atoms. The van der Waals surface area contributed by atoms with Gasteiger partial charge in [0.2, 0.25) is 10.0 Å². The van der Waals surface area contributed by atoms with E-state index in [1.807, 2.05) is 13.8 Å². The fourth-order valence-electron chi connectivity index (χ4n) is 2.02. The van der Waals surface area contributed by atoms with E-state index in [4.69, 9.17) is 5.73 Å². The maximum absolute atomic E-state index is 12.7. The second-order valence-corrected chi connectivity index (χ2v) is 7.79. The second kappa shape index (κ2) is 6.08. The number of sulfonamides is 1. The molecule has 1 aromatic carbocycles. The van der Waals surface area contributed by atoms with Crippen LogP contribution in [0.2, 0.25) is 0 Å². The van der Waals surface area contributed by atoms with Gasteiger partial charge in [-0.25, -0.2) is 12.7 Å². The highest BCUT2D eigenvalue weighted by molar-refractivity contribution is 7.89. The fourth-order valence-corrected chi connectivity index (χ4v) is 3.74. The average Bonchev–Trinajstić information content (AvgIpc) is 2.37. The van der Waals surface area contributed by atoms with E-state index in [9.17, 15) is 18.5 Å². The van der Waals surface area contributed by atoms with Gasteiger partial charge in [0.1, 0.15) is 0 Å². The number of nitro groups is 1. The Bertz CT molecular complexity index is 641. The van der Waals surface area contributed by atoms with Crippen LogP contribution in [-0.2, 0) is 10.0 Å². The van der Waals surface area contributed by atoms with Crippen molar-refractivity contribution in [1.82, 2.24) is 4.31 Å². The number of benzene rings is 1. The molecule has 0 spiro atoms. The van der Waals surface area contributed by atoms with Gasteiger partial charge in [-0.3, -0.25) is 10.1 Å². The van der Waals surface area contributed by atoms with E-state index >= 15 is 0 Å². The largest absolute Gasteiger partial charge is 0.330 e. The predicted molar refractivity (Wildman–Crippen MR) is 80.5 cm³/mol. The maximum atomic E-state index is 12.7. The Balaban J connectivity index is 3.35. The minimum Gasteiger partial charge on any atom is -0.330 e. The SMILES string of the molecule is Cc1cccc([N+](=O)[O-])c1S(=O)(=O)N(C)CC(C)(C)CN. The molecule has 0 unspecified atom stereocenters. The molecular weight excluding hydrogens is 294 g/mol. The van der Waals surface area contributed by atoms with E-state index in [0.717, 1.165) is 4.31 Å². The lowest BCUT2D eigenvalue weighted by Gasteiger charge is -2.28. The second-order valence-electron chi connectivity index (χ2n) is 5.81. The monoisotopic (exact) mass is 315 g/mol. The molecule has 0 aliphatic carbocycles. The molecule has 0 saturated carbocycles. The number of hydrogen-bond acceptors (Lipinski definition) is 5. The smallest absolute Gasteiger partial charge is 0.289 e. The number of aryl methyl sites for hydroxylation is 1. The molecule has 8 heteroatoms. The minimum absolute atomic E-state index is 0.178. The Labute approximate surface area is 124 Å². The molecule has 0 radical (unpaired) electrons. The predicted octanol–water partition coefficient (Wildman–Crippen LogP) is 1.51. The molecule has 0 heterocycles. The van der Waals surface area contributed by atoms with Crippen molar-refractivity contribution in [2.24, 2.45) is 11.1 Å². The lowest BCUT2D eigenvalue weighted by atomic mass is 9.94. The first-order valence-electron chi connectivity index (χ1n) is 6.43. The molecule has 1 aromatic rings. The molecular formula is C13H21N3O4S. The summed E-state index contributed by atoms with van der Waals surface area (Å²) >= 11 is 0. The van der Waals surface area contributed by atoms with Crippen molar-refractivity contribution in [3.8, 4) is 0 Å². The first-order chi connectivity index (χ1) is 9.53. The van der Waals surface area contributed by atoms with E-state index < -0.39 is 26.0 Å². The van der Waals surface area contributed by atoms with Crippen LogP contribution in [0.4, 0.5) is 5.69 Å². The van der Waals surface area contributed by atoms with Gasteiger partial charge in [-0.05, 0) is 24.4 Å². The fraction of sp³-hybridized carbons (Fsp3) is 0.538. The summed E-state index contributed by atoms with van der Waals surface area (Å²) in [5.41, 5.74) is 5.14. The van der Waals surface area contributed by atoms with Crippen LogP contribution < -0.4 is 5.73 Å². The summed E-state index contributed by atoms with van der Waals surface area (Å²) in [5, 5.41) is 11.1. The molecule has 118 valence electrons. The van der Waals surface area contributed by atoms with E-state index in [2.05, 4.69) is 0 Å². The lowest BCUT2D eigenvalue weighted by molar-refractivity contribution is -0.387. The van der Waals surface area contributed by atoms with Crippen LogP contribution in [-0.4, -0.2) is 37.8 Å². The van der Waals surface area contributed by atoms with Gasteiger partial charge in [0.05, 0.1) is 4.92 Å². The first kappa shape index (κ1) is 17.5. The molecule has 7 nitrogen and oxygen atoms in total. The van der Waals surface area contributed by atoms with Crippen molar-refractivity contribution >= 4 is 15.7 Å². The average molecular weight is 315 g/mol. The van der Waals surface area contributed by atoms with Crippen molar-refractivity contribution in [1.29, 1.82) is 0 Å². The van der Waals surface area contributed by atoms with E-state index in [-0.39, 0.29) is 11.4 Å². The number of nitro benzene ring substituents is 1. The van der Waals surface area contributed by atoms with Crippen molar-refractivity contribution < 1.29 is 13.3 Å². The Hall–Kier alpha value is -1.51. The normalized spacial score (nSPS) is 12.7. The molecule has 0 fully saturated rings. The zero-order chi connectivity index (χ0) is 16.4. The van der Waals surface area contributed by atoms with E-state index in [1.165, 1.54) is 19.2 Å². The molecule has 0 aliphatic rings. The summed E-state index contributed by atoms with van der Waals surface area (Å²) in [6.45, 7) is 5.71. The van der Waals surface area contributed by atoms with Crippen LogP contribution in [0.25, 0.3) is 0 Å².